The molecule has 0 radical (unpaired) electrons. The van der Waals surface area contributed by atoms with Crippen LogP contribution < -0.4 is 15.4 Å². The van der Waals surface area contributed by atoms with Crippen molar-refractivity contribution in [2.75, 3.05) is 5.32 Å². The molecule has 180 valence electrons. The first-order valence-corrected chi connectivity index (χ1v) is 13.2. The number of ether oxygens (including phenoxy) is 1. The predicted octanol–water partition coefficient (Wildman–Crippen LogP) is 6.86. The SMILES string of the molecule is CCc1ccc(N[C@@H]2NC(=O)/C(=C/c3cc(Br)c(OCc4cccc([N+](=O)[O-])c4)c(Br)c3)S2)cc1. The van der Waals surface area contributed by atoms with Gasteiger partial charge >= 0.3 is 0 Å². The van der Waals surface area contributed by atoms with Crippen LogP contribution in [0.3, 0.4) is 0 Å². The lowest BCUT2D eigenvalue weighted by Crippen LogP contribution is -2.30. The number of carbonyl (C=O) groups is 1. The lowest BCUT2D eigenvalue weighted by Gasteiger charge is -2.13. The Bertz CT molecular complexity index is 1280. The molecule has 1 heterocycles. The maximum Gasteiger partial charge on any atom is 0.269 e. The standard InChI is InChI=1S/C25H21Br2N3O4S/c1-2-15-6-8-18(9-7-15)28-25-29-24(31)22(35-25)13-17-11-20(26)23(21(27)12-17)34-14-16-4-3-5-19(10-16)30(32)33/h3-13,25,28H,2,14H2,1H3,(H,29,31)/b22-13-/t25-/m1/s1. The van der Waals surface area contributed by atoms with Crippen LogP contribution >= 0.6 is 43.6 Å². The number of anilines is 1. The molecule has 0 aromatic heterocycles. The number of nitro groups is 1. The third kappa shape index (κ3) is 6.45. The Hall–Kier alpha value is -2.82. The third-order valence-corrected chi connectivity index (χ3v) is 7.42. The summed E-state index contributed by atoms with van der Waals surface area (Å²) in [6.45, 7) is 2.28. The fraction of sp³-hybridized carbons (Fsp3) is 0.160. The van der Waals surface area contributed by atoms with Crippen molar-refractivity contribution in [3.8, 4) is 5.75 Å². The van der Waals surface area contributed by atoms with E-state index in [-0.39, 0.29) is 23.7 Å². The highest BCUT2D eigenvalue weighted by Gasteiger charge is 2.27. The zero-order valence-corrected chi connectivity index (χ0v) is 22.6. The van der Waals surface area contributed by atoms with Gasteiger partial charge in [0.15, 0.2) is 5.50 Å². The Balaban J connectivity index is 1.43. The van der Waals surface area contributed by atoms with Gasteiger partial charge in [0.2, 0.25) is 0 Å². The summed E-state index contributed by atoms with van der Waals surface area (Å²) < 4.78 is 7.29. The van der Waals surface area contributed by atoms with Crippen molar-refractivity contribution in [2.45, 2.75) is 25.4 Å². The molecule has 1 amide bonds. The minimum Gasteiger partial charge on any atom is -0.487 e. The number of aryl methyl sites for hydroxylation is 1. The van der Waals surface area contributed by atoms with Crippen molar-refractivity contribution in [2.24, 2.45) is 0 Å². The number of rotatable bonds is 8. The van der Waals surface area contributed by atoms with E-state index in [0.717, 1.165) is 17.7 Å². The molecule has 1 aliphatic heterocycles. The second-order valence-electron chi connectivity index (χ2n) is 7.70. The number of non-ortho nitro benzene ring substituents is 1. The molecule has 0 spiro atoms. The molecule has 1 fully saturated rings. The number of thioether (sulfide) groups is 1. The summed E-state index contributed by atoms with van der Waals surface area (Å²) in [5.74, 6) is 0.424. The Morgan fingerprint density at radius 3 is 2.49 bits per heavy atom. The summed E-state index contributed by atoms with van der Waals surface area (Å²) >= 11 is 8.48. The largest absolute Gasteiger partial charge is 0.487 e. The summed E-state index contributed by atoms with van der Waals surface area (Å²) in [5, 5.41) is 17.2. The van der Waals surface area contributed by atoms with Gasteiger partial charge in [0.1, 0.15) is 12.4 Å². The van der Waals surface area contributed by atoms with E-state index in [1.807, 2.05) is 30.3 Å². The molecule has 0 aliphatic carbocycles. The predicted molar refractivity (Wildman–Crippen MR) is 146 cm³/mol. The number of amides is 1. The van der Waals surface area contributed by atoms with Crippen molar-refractivity contribution in [3.05, 3.63) is 101 Å². The molecule has 0 saturated carbocycles. The number of carbonyl (C=O) groups excluding carboxylic acids is 1. The van der Waals surface area contributed by atoms with Gasteiger partial charge in [-0.25, -0.2) is 0 Å². The van der Waals surface area contributed by atoms with E-state index in [1.165, 1.54) is 29.5 Å². The van der Waals surface area contributed by atoms with Crippen LogP contribution in [0.1, 0.15) is 23.6 Å². The van der Waals surface area contributed by atoms with E-state index in [2.05, 4.69) is 61.5 Å². The average Bonchev–Trinajstić information content (AvgIpc) is 3.17. The molecule has 1 saturated heterocycles. The summed E-state index contributed by atoms with van der Waals surface area (Å²) in [6.07, 6.45) is 2.80. The summed E-state index contributed by atoms with van der Waals surface area (Å²) in [4.78, 5) is 23.7. The monoisotopic (exact) mass is 617 g/mol. The first-order chi connectivity index (χ1) is 16.8. The lowest BCUT2D eigenvalue weighted by molar-refractivity contribution is -0.384. The first kappa shape index (κ1) is 25.3. The van der Waals surface area contributed by atoms with Crippen molar-refractivity contribution < 1.29 is 14.5 Å². The van der Waals surface area contributed by atoms with Crippen molar-refractivity contribution >= 4 is 67.0 Å². The van der Waals surface area contributed by atoms with E-state index in [9.17, 15) is 14.9 Å². The van der Waals surface area contributed by atoms with Gasteiger partial charge in [-0.2, -0.15) is 0 Å². The Morgan fingerprint density at radius 1 is 1.11 bits per heavy atom. The zero-order valence-electron chi connectivity index (χ0n) is 18.6. The zero-order chi connectivity index (χ0) is 24.9. The highest BCUT2D eigenvalue weighted by Crippen LogP contribution is 2.37. The van der Waals surface area contributed by atoms with E-state index >= 15 is 0 Å². The molecule has 0 unspecified atom stereocenters. The van der Waals surface area contributed by atoms with Gasteiger partial charge in [-0.3, -0.25) is 14.9 Å². The maximum atomic E-state index is 12.5. The third-order valence-electron chi connectivity index (χ3n) is 5.21. The highest BCUT2D eigenvalue weighted by molar-refractivity contribution is 9.11. The van der Waals surface area contributed by atoms with Gasteiger partial charge in [0.25, 0.3) is 11.6 Å². The molecular formula is C25H21Br2N3O4S. The number of nitrogens with one attached hydrogen (secondary N) is 2. The summed E-state index contributed by atoms with van der Waals surface area (Å²) in [6, 6.07) is 18.2. The van der Waals surface area contributed by atoms with Crippen LogP contribution in [-0.2, 0) is 17.8 Å². The lowest BCUT2D eigenvalue weighted by atomic mass is 10.1. The van der Waals surface area contributed by atoms with E-state index in [0.29, 0.717) is 25.2 Å². The molecule has 7 nitrogen and oxygen atoms in total. The van der Waals surface area contributed by atoms with Gasteiger partial charge in [-0.15, -0.1) is 0 Å². The van der Waals surface area contributed by atoms with Gasteiger partial charge in [0, 0.05) is 17.8 Å². The molecule has 35 heavy (non-hydrogen) atoms. The number of halogens is 2. The number of hydrogen-bond acceptors (Lipinski definition) is 6. The van der Waals surface area contributed by atoms with E-state index in [4.69, 9.17) is 4.74 Å². The number of hydrogen-bond donors (Lipinski definition) is 2. The molecular weight excluding hydrogens is 598 g/mol. The fourth-order valence-electron chi connectivity index (χ4n) is 3.42. The van der Waals surface area contributed by atoms with Crippen LogP contribution in [-0.4, -0.2) is 16.3 Å². The molecule has 2 N–H and O–H groups in total. The first-order valence-electron chi connectivity index (χ1n) is 10.7. The van der Waals surface area contributed by atoms with E-state index < -0.39 is 4.92 Å². The van der Waals surface area contributed by atoms with Crippen LogP contribution in [0.2, 0.25) is 0 Å². The molecule has 1 aliphatic rings. The Morgan fingerprint density at radius 2 is 1.83 bits per heavy atom. The summed E-state index contributed by atoms with van der Waals surface area (Å²) in [5.41, 5.74) is 3.46. The van der Waals surface area contributed by atoms with Crippen LogP contribution in [0.25, 0.3) is 6.08 Å². The van der Waals surface area contributed by atoms with Gasteiger partial charge < -0.3 is 15.4 Å². The van der Waals surface area contributed by atoms with Crippen LogP contribution in [0.4, 0.5) is 11.4 Å². The number of nitrogens with zero attached hydrogens (tertiary/aromatic N) is 1. The fourth-order valence-corrected chi connectivity index (χ4v) is 5.86. The Kier molecular flexibility index (Phi) is 8.15. The number of nitro benzene ring substituents is 1. The molecule has 1 atom stereocenters. The quantitative estimate of drug-likeness (QED) is 0.163. The average molecular weight is 619 g/mol. The normalized spacial score (nSPS) is 16.3. The van der Waals surface area contributed by atoms with Crippen molar-refractivity contribution in [1.29, 1.82) is 0 Å². The van der Waals surface area contributed by atoms with E-state index in [1.54, 1.807) is 12.1 Å². The topological polar surface area (TPSA) is 93.5 Å². The van der Waals surface area contributed by atoms with Gasteiger partial charge in [-0.05, 0) is 85.3 Å². The highest BCUT2D eigenvalue weighted by atomic mass is 79.9. The molecule has 10 heteroatoms. The minimum atomic E-state index is -0.434. The Labute approximate surface area is 223 Å². The minimum absolute atomic E-state index is 0.0179. The van der Waals surface area contributed by atoms with Crippen LogP contribution in [0.5, 0.6) is 5.75 Å². The van der Waals surface area contributed by atoms with Crippen molar-refractivity contribution in [1.82, 2.24) is 5.32 Å². The van der Waals surface area contributed by atoms with Crippen molar-refractivity contribution in [3.63, 3.8) is 0 Å². The molecule has 0 bridgehead atoms. The van der Waals surface area contributed by atoms with Crippen LogP contribution in [0, 0.1) is 10.1 Å². The number of benzene rings is 3. The van der Waals surface area contributed by atoms with Gasteiger partial charge in [-0.1, -0.05) is 43.0 Å². The smallest absolute Gasteiger partial charge is 0.269 e. The van der Waals surface area contributed by atoms with Gasteiger partial charge in [0.05, 0.1) is 18.8 Å². The molecule has 4 rings (SSSR count). The second-order valence-corrected chi connectivity index (χ2v) is 10.6. The second kappa shape index (κ2) is 11.3. The molecule has 3 aromatic rings. The molecule has 3 aromatic carbocycles. The maximum absolute atomic E-state index is 12.5. The van der Waals surface area contributed by atoms with Crippen LogP contribution in [0.15, 0.2) is 74.5 Å². The summed E-state index contributed by atoms with van der Waals surface area (Å²) in [7, 11) is 0.